The Morgan fingerprint density at radius 2 is 2.18 bits per heavy atom. The molecule has 1 aliphatic carbocycles. The number of amides is 1. The van der Waals surface area contributed by atoms with Crippen molar-refractivity contribution in [2.45, 2.75) is 44.3 Å². The van der Waals surface area contributed by atoms with Gasteiger partial charge in [0.1, 0.15) is 6.10 Å². The molecular formula is C13H21NO3. The summed E-state index contributed by atoms with van der Waals surface area (Å²) in [6.07, 6.45) is 5.65. The number of ether oxygens (including phenoxy) is 2. The van der Waals surface area contributed by atoms with Gasteiger partial charge in [0.2, 0.25) is 0 Å². The van der Waals surface area contributed by atoms with Crippen LogP contribution in [0.1, 0.15) is 32.1 Å². The number of hydrogen-bond donors (Lipinski definition) is 0. The molecule has 2 saturated heterocycles. The van der Waals surface area contributed by atoms with Crippen molar-refractivity contribution in [1.29, 1.82) is 0 Å². The van der Waals surface area contributed by atoms with E-state index in [-0.39, 0.29) is 18.1 Å². The van der Waals surface area contributed by atoms with Crippen LogP contribution in [0.2, 0.25) is 0 Å². The van der Waals surface area contributed by atoms with Gasteiger partial charge in [-0.1, -0.05) is 0 Å². The fourth-order valence-corrected chi connectivity index (χ4v) is 2.60. The first-order chi connectivity index (χ1) is 8.33. The molecule has 0 bridgehead atoms. The van der Waals surface area contributed by atoms with Crippen molar-refractivity contribution in [3.05, 3.63) is 0 Å². The zero-order valence-corrected chi connectivity index (χ0v) is 10.3. The lowest BCUT2D eigenvalue weighted by Gasteiger charge is -2.20. The molecule has 3 fully saturated rings. The highest BCUT2D eigenvalue weighted by Crippen LogP contribution is 2.30. The summed E-state index contributed by atoms with van der Waals surface area (Å²) >= 11 is 0. The Morgan fingerprint density at radius 1 is 1.29 bits per heavy atom. The minimum Gasteiger partial charge on any atom is -0.376 e. The monoisotopic (exact) mass is 239 g/mol. The molecule has 0 radical (unpaired) electrons. The Labute approximate surface area is 102 Å². The van der Waals surface area contributed by atoms with Gasteiger partial charge in [0, 0.05) is 26.3 Å². The van der Waals surface area contributed by atoms with Gasteiger partial charge in [0.25, 0.3) is 5.91 Å². The summed E-state index contributed by atoms with van der Waals surface area (Å²) in [5.41, 5.74) is 0. The van der Waals surface area contributed by atoms with E-state index in [1.807, 2.05) is 4.90 Å². The predicted octanol–water partition coefficient (Wildman–Crippen LogP) is 1.19. The second-order valence-corrected chi connectivity index (χ2v) is 5.47. The van der Waals surface area contributed by atoms with Gasteiger partial charge in [-0.2, -0.15) is 0 Å². The van der Waals surface area contributed by atoms with Crippen molar-refractivity contribution in [3.63, 3.8) is 0 Å². The Kier molecular flexibility index (Phi) is 3.34. The lowest BCUT2D eigenvalue weighted by Crippen LogP contribution is -2.38. The predicted molar refractivity (Wildman–Crippen MR) is 62.6 cm³/mol. The molecule has 4 nitrogen and oxygen atoms in total. The first-order valence-corrected chi connectivity index (χ1v) is 6.85. The van der Waals surface area contributed by atoms with Crippen molar-refractivity contribution in [2.75, 3.05) is 26.3 Å². The van der Waals surface area contributed by atoms with E-state index in [1.54, 1.807) is 0 Å². The van der Waals surface area contributed by atoms with Crippen LogP contribution in [-0.4, -0.2) is 49.3 Å². The first kappa shape index (κ1) is 11.5. The van der Waals surface area contributed by atoms with E-state index in [9.17, 15) is 4.79 Å². The molecule has 0 aromatic heterocycles. The van der Waals surface area contributed by atoms with E-state index in [0.717, 1.165) is 51.5 Å². The molecule has 2 aliphatic heterocycles. The number of carbonyl (C=O) groups excluding carboxylic acids is 1. The third kappa shape index (κ3) is 2.80. The minimum atomic E-state index is -0.169. The van der Waals surface area contributed by atoms with E-state index in [4.69, 9.17) is 9.47 Å². The summed E-state index contributed by atoms with van der Waals surface area (Å²) in [6.45, 7) is 3.25. The Bertz CT molecular complexity index is 284. The Morgan fingerprint density at radius 3 is 2.88 bits per heavy atom. The minimum absolute atomic E-state index is 0.169. The van der Waals surface area contributed by atoms with Gasteiger partial charge in [-0.05, 0) is 38.0 Å². The average Bonchev–Trinajstić information content (AvgIpc) is 2.86. The van der Waals surface area contributed by atoms with Crippen molar-refractivity contribution in [2.24, 2.45) is 5.92 Å². The summed E-state index contributed by atoms with van der Waals surface area (Å²) in [7, 11) is 0. The lowest BCUT2D eigenvalue weighted by molar-refractivity contribution is -0.140. The molecule has 2 atom stereocenters. The molecule has 1 amide bonds. The van der Waals surface area contributed by atoms with Gasteiger partial charge in [0.15, 0.2) is 0 Å². The number of rotatable bonds is 4. The van der Waals surface area contributed by atoms with E-state index < -0.39 is 0 Å². The van der Waals surface area contributed by atoms with Gasteiger partial charge in [0.05, 0.1) is 6.10 Å². The maximum atomic E-state index is 12.1. The van der Waals surface area contributed by atoms with Crippen molar-refractivity contribution >= 4 is 5.91 Å². The second-order valence-electron chi connectivity index (χ2n) is 5.47. The van der Waals surface area contributed by atoms with Gasteiger partial charge in [-0.15, -0.1) is 0 Å². The van der Waals surface area contributed by atoms with E-state index in [2.05, 4.69) is 0 Å². The largest absolute Gasteiger partial charge is 0.376 e. The summed E-state index contributed by atoms with van der Waals surface area (Å²) in [6, 6.07) is 0. The average molecular weight is 239 g/mol. The van der Waals surface area contributed by atoms with Crippen molar-refractivity contribution in [1.82, 2.24) is 4.90 Å². The maximum absolute atomic E-state index is 12.1. The number of nitrogens with zero attached hydrogens (tertiary/aromatic N) is 1. The molecule has 3 aliphatic rings. The zero-order chi connectivity index (χ0) is 11.7. The molecule has 0 spiro atoms. The number of hydrogen-bond acceptors (Lipinski definition) is 3. The quantitative estimate of drug-likeness (QED) is 0.740. The highest BCUT2D eigenvalue weighted by molar-refractivity contribution is 5.81. The summed E-state index contributed by atoms with van der Waals surface area (Å²) in [4.78, 5) is 14.0. The topological polar surface area (TPSA) is 38.8 Å². The molecule has 4 heteroatoms. The van der Waals surface area contributed by atoms with E-state index in [0.29, 0.717) is 0 Å². The molecule has 17 heavy (non-hydrogen) atoms. The molecule has 1 saturated carbocycles. The SMILES string of the molecule is O=C(C1CCCO1)N1CCC(OCC2CC2)C1. The van der Waals surface area contributed by atoms with Crippen LogP contribution in [0.4, 0.5) is 0 Å². The fraction of sp³-hybridized carbons (Fsp3) is 0.923. The fourth-order valence-electron chi connectivity index (χ4n) is 2.60. The molecule has 0 aromatic carbocycles. The summed E-state index contributed by atoms with van der Waals surface area (Å²) < 4.78 is 11.3. The standard InChI is InChI=1S/C13H21NO3/c15-13(12-2-1-7-16-12)14-6-5-11(8-14)17-9-10-3-4-10/h10-12H,1-9H2. The number of likely N-dealkylation sites (tertiary alicyclic amines) is 1. The number of carbonyl (C=O) groups is 1. The van der Waals surface area contributed by atoms with Crippen LogP contribution in [0, 0.1) is 5.92 Å². The maximum Gasteiger partial charge on any atom is 0.251 e. The summed E-state index contributed by atoms with van der Waals surface area (Å²) in [5.74, 6) is 0.984. The van der Waals surface area contributed by atoms with Crippen LogP contribution < -0.4 is 0 Å². The van der Waals surface area contributed by atoms with Crippen LogP contribution >= 0.6 is 0 Å². The highest BCUT2D eigenvalue weighted by atomic mass is 16.5. The Hall–Kier alpha value is -0.610. The third-order valence-electron chi connectivity index (χ3n) is 3.93. The highest BCUT2D eigenvalue weighted by Gasteiger charge is 2.34. The van der Waals surface area contributed by atoms with Gasteiger partial charge in [-0.3, -0.25) is 4.79 Å². The van der Waals surface area contributed by atoms with Gasteiger partial charge >= 0.3 is 0 Å². The van der Waals surface area contributed by atoms with E-state index >= 15 is 0 Å². The molecule has 96 valence electrons. The normalized spacial score (nSPS) is 33.3. The lowest BCUT2D eigenvalue weighted by atomic mass is 10.2. The molecule has 0 aromatic rings. The summed E-state index contributed by atoms with van der Waals surface area (Å²) in [5, 5.41) is 0. The van der Waals surface area contributed by atoms with Gasteiger partial charge in [-0.25, -0.2) is 0 Å². The van der Waals surface area contributed by atoms with Crippen LogP contribution in [0.15, 0.2) is 0 Å². The smallest absolute Gasteiger partial charge is 0.251 e. The third-order valence-corrected chi connectivity index (χ3v) is 3.93. The first-order valence-electron chi connectivity index (χ1n) is 6.85. The molecule has 0 N–H and O–H groups in total. The molecule has 2 unspecified atom stereocenters. The van der Waals surface area contributed by atoms with Crippen LogP contribution in [0.3, 0.4) is 0 Å². The Balaban J connectivity index is 1.43. The van der Waals surface area contributed by atoms with Crippen LogP contribution in [0.5, 0.6) is 0 Å². The van der Waals surface area contributed by atoms with Crippen LogP contribution in [-0.2, 0) is 14.3 Å². The second kappa shape index (κ2) is 4.94. The molecular weight excluding hydrogens is 218 g/mol. The zero-order valence-electron chi connectivity index (χ0n) is 10.3. The molecule has 2 heterocycles. The van der Waals surface area contributed by atoms with E-state index in [1.165, 1.54) is 12.8 Å². The van der Waals surface area contributed by atoms with Crippen molar-refractivity contribution < 1.29 is 14.3 Å². The van der Waals surface area contributed by atoms with Crippen LogP contribution in [0.25, 0.3) is 0 Å². The van der Waals surface area contributed by atoms with Crippen molar-refractivity contribution in [3.8, 4) is 0 Å². The van der Waals surface area contributed by atoms with Gasteiger partial charge < -0.3 is 14.4 Å². The molecule has 3 rings (SSSR count).